The van der Waals surface area contributed by atoms with Crippen LogP contribution in [0.1, 0.15) is 13.3 Å². The average Bonchev–Trinajstić information content (AvgIpc) is 2.70. The maximum atomic E-state index is 5.08. The van der Waals surface area contributed by atoms with Crippen molar-refractivity contribution in [1.82, 2.24) is 0 Å². The third-order valence-electron chi connectivity index (χ3n) is 2.64. The highest BCUT2D eigenvalue weighted by molar-refractivity contribution is 7.17. The van der Waals surface area contributed by atoms with Crippen LogP contribution in [0.25, 0.3) is 10.1 Å². The molecule has 1 atom stereocenters. The molecule has 0 aliphatic carbocycles. The van der Waals surface area contributed by atoms with Crippen LogP contribution < -0.4 is 5.32 Å². The molecule has 2 rings (SSSR count). The summed E-state index contributed by atoms with van der Waals surface area (Å²) < 4.78 is 6.42. The zero-order valence-electron chi connectivity index (χ0n) is 9.69. The molecule has 2 nitrogen and oxygen atoms in total. The summed E-state index contributed by atoms with van der Waals surface area (Å²) in [6, 6.07) is 8.93. The summed E-state index contributed by atoms with van der Waals surface area (Å²) in [7, 11) is 1.74. The highest BCUT2D eigenvalue weighted by Gasteiger charge is 2.06. The summed E-state index contributed by atoms with van der Waals surface area (Å²) in [6.07, 6.45) is 1.03. The minimum absolute atomic E-state index is 0.443. The van der Waals surface area contributed by atoms with Crippen molar-refractivity contribution in [3.05, 3.63) is 29.6 Å². The van der Waals surface area contributed by atoms with Gasteiger partial charge in [0.05, 0.1) is 5.69 Å². The maximum Gasteiger partial charge on any atom is 0.0530 e. The van der Waals surface area contributed by atoms with Crippen molar-refractivity contribution in [3.8, 4) is 0 Å². The van der Waals surface area contributed by atoms with Gasteiger partial charge in [0.1, 0.15) is 0 Å². The number of hydrogen-bond acceptors (Lipinski definition) is 3. The highest BCUT2D eigenvalue weighted by atomic mass is 32.1. The van der Waals surface area contributed by atoms with Crippen molar-refractivity contribution in [2.24, 2.45) is 0 Å². The lowest BCUT2D eigenvalue weighted by Crippen LogP contribution is -2.16. The van der Waals surface area contributed by atoms with Crippen molar-refractivity contribution in [3.63, 3.8) is 0 Å². The van der Waals surface area contributed by atoms with Gasteiger partial charge >= 0.3 is 0 Å². The standard InChI is InChI=1S/C13H17NOS/c1-10(7-8-15-2)14-12-9-16-13-6-4-3-5-11(12)13/h3-6,9-10,14H,7-8H2,1-2H3. The maximum absolute atomic E-state index is 5.08. The zero-order valence-corrected chi connectivity index (χ0v) is 10.5. The first kappa shape index (κ1) is 11.4. The van der Waals surface area contributed by atoms with Crippen LogP contribution >= 0.6 is 11.3 Å². The molecule has 86 valence electrons. The number of hydrogen-bond donors (Lipinski definition) is 1. The first-order chi connectivity index (χ1) is 7.81. The first-order valence-corrected chi connectivity index (χ1v) is 6.41. The second-order valence-electron chi connectivity index (χ2n) is 3.97. The second kappa shape index (κ2) is 5.32. The fourth-order valence-corrected chi connectivity index (χ4v) is 2.62. The molecule has 0 aliphatic rings. The normalized spacial score (nSPS) is 12.9. The molecule has 1 aromatic heterocycles. The Morgan fingerprint density at radius 3 is 3.00 bits per heavy atom. The van der Waals surface area contributed by atoms with Gasteiger partial charge in [0.15, 0.2) is 0 Å². The third-order valence-corrected chi connectivity index (χ3v) is 3.60. The third kappa shape index (κ3) is 2.54. The number of ether oxygens (including phenoxy) is 1. The minimum atomic E-state index is 0.443. The summed E-state index contributed by atoms with van der Waals surface area (Å²) >= 11 is 1.79. The molecule has 0 amide bonds. The van der Waals surface area contributed by atoms with Crippen LogP contribution in [0.2, 0.25) is 0 Å². The predicted octanol–water partition coefficient (Wildman–Crippen LogP) is 3.74. The molecule has 0 bridgehead atoms. The number of fused-ring (bicyclic) bond motifs is 1. The van der Waals surface area contributed by atoms with E-state index in [0.717, 1.165) is 13.0 Å². The molecule has 0 saturated carbocycles. The molecule has 0 radical (unpaired) electrons. The topological polar surface area (TPSA) is 21.3 Å². The smallest absolute Gasteiger partial charge is 0.0530 e. The highest BCUT2D eigenvalue weighted by Crippen LogP contribution is 2.30. The van der Waals surface area contributed by atoms with Gasteiger partial charge < -0.3 is 10.1 Å². The van der Waals surface area contributed by atoms with Gasteiger partial charge in [-0.25, -0.2) is 0 Å². The molecular weight excluding hydrogens is 218 g/mol. The minimum Gasteiger partial charge on any atom is -0.385 e. The summed E-state index contributed by atoms with van der Waals surface area (Å²) in [5.41, 5.74) is 1.24. The SMILES string of the molecule is COCCC(C)Nc1csc2ccccc12. The van der Waals surface area contributed by atoms with Gasteiger partial charge in [-0.3, -0.25) is 0 Å². The molecule has 2 aromatic rings. The van der Waals surface area contributed by atoms with Crippen molar-refractivity contribution in [2.45, 2.75) is 19.4 Å². The van der Waals surface area contributed by atoms with E-state index in [2.05, 4.69) is 41.9 Å². The number of nitrogens with one attached hydrogen (secondary N) is 1. The van der Waals surface area contributed by atoms with Gasteiger partial charge in [-0.2, -0.15) is 0 Å². The van der Waals surface area contributed by atoms with Crippen LogP contribution in [0.4, 0.5) is 5.69 Å². The summed E-state index contributed by atoms with van der Waals surface area (Å²) in [5.74, 6) is 0. The van der Waals surface area contributed by atoms with Crippen LogP contribution in [-0.2, 0) is 4.74 Å². The Morgan fingerprint density at radius 1 is 1.38 bits per heavy atom. The van der Waals surface area contributed by atoms with E-state index in [1.54, 1.807) is 18.4 Å². The molecule has 1 N–H and O–H groups in total. The number of methoxy groups -OCH3 is 1. The Hall–Kier alpha value is -1.06. The first-order valence-electron chi connectivity index (χ1n) is 5.53. The molecule has 0 spiro atoms. The Kier molecular flexibility index (Phi) is 3.80. The van der Waals surface area contributed by atoms with E-state index in [-0.39, 0.29) is 0 Å². The van der Waals surface area contributed by atoms with Crippen molar-refractivity contribution in [2.75, 3.05) is 19.0 Å². The Balaban J connectivity index is 2.09. The molecule has 1 unspecified atom stereocenters. The largest absolute Gasteiger partial charge is 0.385 e. The van der Waals surface area contributed by atoms with E-state index in [9.17, 15) is 0 Å². The van der Waals surface area contributed by atoms with Crippen molar-refractivity contribution >= 4 is 27.1 Å². The summed E-state index contributed by atoms with van der Waals surface area (Å²) in [6.45, 7) is 2.99. The van der Waals surface area contributed by atoms with Crippen molar-refractivity contribution in [1.29, 1.82) is 0 Å². The summed E-state index contributed by atoms with van der Waals surface area (Å²) in [5, 5.41) is 7.04. The molecular formula is C13H17NOS. The van der Waals surface area contributed by atoms with E-state index in [1.165, 1.54) is 15.8 Å². The fourth-order valence-electron chi connectivity index (χ4n) is 1.72. The van der Waals surface area contributed by atoms with E-state index in [4.69, 9.17) is 4.74 Å². The molecule has 16 heavy (non-hydrogen) atoms. The molecule has 3 heteroatoms. The van der Waals surface area contributed by atoms with Crippen LogP contribution in [0.5, 0.6) is 0 Å². The predicted molar refractivity (Wildman–Crippen MR) is 71.4 cm³/mol. The van der Waals surface area contributed by atoms with Crippen LogP contribution in [0, 0.1) is 0 Å². The average molecular weight is 235 g/mol. The van der Waals surface area contributed by atoms with Gasteiger partial charge in [-0.05, 0) is 19.4 Å². The lowest BCUT2D eigenvalue weighted by atomic mass is 10.2. The number of rotatable bonds is 5. The Bertz CT molecular complexity index is 452. The number of thiophene rings is 1. The van der Waals surface area contributed by atoms with Crippen molar-refractivity contribution < 1.29 is 4.74 Å². The van der Waals surface area contributed by atoms with E-state index < -0.39 is 0 Å². The molecule has 0 saturated heterocycles. The zero-order chi connectivity index (χ0) is 11.4. The van der Waals surface area contributed by atoms with Gasteiger partial charge in [-0.15, -0.1) is 11.3 Å². The van der Waals surface area contributed by atoms with Gasteiger partial charge in [-0.1, -0.05) is 18.2 Å². The molecule has 0 fully saturated rings. The van der Waals surface area contributed by atoms with Gasteiger partial charge in [0.2, 0.25) is 0 Å². The number of anilines is 1. The fraction of sp³-hybridized carbons (Fsp3) is 0.385. The summed E-state index contributed by atoms with van der Waals surface area (Å²) in [4.78, 5) is 0. The van der Waals surface area contributed by atoms with E-state index in [0.29, 0.717) is 6.04 Å². The van der Waals surface area contributed by atoms with Crippen LogP contribution in [0.15, 0.2) is 29.6 Å². The van der Waals surface area contributed by atoms with Gasteiger partial charge in [0, 0.05) is 35.2 Å². The number of benzene rings is 1. The second-order valence-corrected chi connectivity index (χ2v) is 4.88. The van der Waals surface area contributed by atoms with E-state index in [1.807, 2.05) is 0 Å². The lowest BCUT2D eigenvalue weighted by molar-refractivity contribution is 0.191. The Morgan fingerprint density at radius 2 is 2.19 bits per heavy atom. The molecule has 0 aliphatic heterocycles. The quantitative estimate of drug-likeness (QED) is 0.852. The van der Waals surface area contributed by atoms with Crippen LogP contribution in [0.3, 0.4) is 0 Å². The monoisotopic (exact) mass is 235 g/mol. The molecule has 1 aromatic carbocycles. The van der Waals surface area contributed by atoms with Crippen LogP contribution in [-0.4, -0.2) is 19.8 Å². The Labute approximate surface area is 100 Å². The van der Waals surface area contributed by atoms with E-state index >= 15 is 0 Å². The van der Waals surface area contributed by atoms with Gasteiger partial charge in [0.25, 0.3) is 0 Å². The molecule has 1 heterocycles. The lowest BCUT2D eigenvalue weighted by Gasteiger charge is -2.13.